The van der Waals surface area contributed by atoms with Gasteiger partial charge in [0.15, 0.2) is 0 Å². The van der Waals surface area contributed by atoms with Crippen molar-refractivity contribution in [2.75, 3.05) is 20.1 Å². The van der Waals surface area contributed by atoms with Crippen molar-refractivity contribution >= 4 is 17.6 Å². The molecular weight excluding hydrogens is 452 g/mol. The topological polar surface area (TPSA) is 94.0 Å². The lowest BCUT2D eigenvalue weighted by atomic mass is 9.93. The number of ether oxygens (including phenoxy) is 1. The molecule has 1 amide bonds. The van der Waals surface area contributed by atoms with E-state index in [1.54, 1.807) is 25.4 Å². The molecule has 0 radical (unpaired) electrons. The monoisotopic (exact) mass is 488 g/mol. The summed E-state index contributed by atoms with van der Waals surface area (Å²) in [7, 11) is 1.64. The zero-order valence-electron chi connectivity index (χ0n) is 21.7. The molecule has 36 heavy (non-hydrogen) atoms. The Morgan fingerprint density at radius 2 is 1.81 bits per heavy atom. The number of hydrogen-bond acceptors (Lipinski definition) is 6. The molecule has 3 rings (SSSR count). The third kappa shape index (κ3) is 6.70. The summed E-state index contributed by atoms with van der Waals surface area (Å²) < 4.78 is 11.7. The number of oxazole rings is 1. The van der Waals surface area contributed by atoms with Crippen LogP contribution in [0.2, 0.25) is 0 Å². The van der Waals surface area contributed by atoms with E-state index in [0.717, 1.165) is 18.4 Å². The van der Waals surface area contributed by atoms with Crippen LogP contribution in [-0.2, 0) is 11.2 Å². The fraction of sp³-hybridized carbons (Fsp3) is 0.345. The minimum atomic E-state index is -0.864. The van der Waals surface area contributed by atoms with E-state index in [0.29, 0.717) is 53.7 Å². The molecule has 0 spiro atoms. The third-order valence-electron chi connectivity index (χ3n) is 5.78. The van der Waals surface area contributed by atoms with Crippen molar-refractivity contribution in [3.05, 3.63) is 84.3 Å². The predicted molar refractivity (Wildman–Crippen MR) is 145 cm³/mol. The van der Waals surface area contributed by atoms with Crippen molar-refractivity contribution < 1.29 is 13.9 Å². The van der Waals surface area contributed by atoms with E-state index in [2.05, 4.69) is 30.4 Å². The van der Waals surface area contributed by atoms with E-state index in [-0.39, 0.29) is 5.91 Å². The van der Waals surface area contributed by atoms with Crippen LogP contribution in [-0.4, -0.2) is 47.4 Å². The van der Waals surface area contributed by atoms with Crippen molar-refractivity contribution in [1.29, 1.82) is 0 Å². The lowest BCUT2D eigenvalue weighted by Gasteiger charge is -2.27. The van der Waals surface area contributed by atoms with Gasteiger partial charge in [0, 0.05) is 36.8 Å². The van der Waals surface area contributed by atoms with E-state index in [9.17, 15) is 4.79 Å². The Kier molecular flexibility index (Phi) is 9.19. The molecule has 0 fully saturated rings. The normalized spacial score (nSPS) is 13.2. The summed E-state index contributed by atoms with van der Waals surface area (Å²) >= 11 is 0. The minimum absolute atomic E-state index is 0.0571. The Labute approximate surface area is 213 Å². The molecule has 0 bridgehead atoms. The molecule has 1 heterocycles. The lowest BCUT2D eigenvalue weighted by Crippen LogP contribution is -2.48. The molecule has 3 aromatic rings. The average Bonchev–Trinajstić information content (AvgIpc) is 3.42. The Balaban J connectivity index is 1.93. The highest BCUT2D eigenvalue weighted by atomic mass is 16.5. The van der Waals surface area contributed by atoms with Gasteiger partial charge in [0.2, 0.25) is 11.8 Å². The summed E-state index contributed by atoms with van der Waals surface area (Å²) in [6.45, 7) is 11.5. The summed E-state index contributed by atoms with van der Waals surface area (Å²) in [4.78, 5) is 23.9. The molecule has 0 aliphatic heterocycles. The highest BCUT2D eigenvalue weighted by Crippen LogP contribution is 2.27. The molecule has 0 saturated carbocycles. The molecule has 2 aromatic carbocycles. The highest BCUT2D eigenvalue weighted by molar-refractivity contribution is 5.97. The van der Waals surface area contributed by atoms with E-state index in [1.807, 2.05) is 48.2 Å². The van der Waals surface area contributed by atoms with Crippen molar-refractivity contribution in [2.45, 2.75) is 45.6 Å². The first-order valence-corrected chi connectivity index (χ1v) is 12.3. The number of nitrogens with zero attached hydrogens (tertiary/aromatic N) is 3. The summed E-state index contributed by atoms with van der Waals surface area (Å²) in [6, 6.07) is 15.4. The van der Waals surface area contributed by atoms with Gasteiger partial charge >= 0.3 is 0 Å². The van der Waals surface area contributed by atoms with Gasteiger partial charge in [-0.3, -0.25) is 9.79 Å². The summed E-state index contributed by atoms with van der Waals surface area (Å²) in [5.74, 6) is 1.04. The maximum atomic E-state index is 13.4. The van der Waals surface area contributed by atoms with Crippen LogP contribution in [0.3, 0.4) is 0 Å². The van der Waals surface area contributed by atoms with E-state index in [1.165, 1.54) is 6.26 Å². The number of aliphatic imine (C=N–C) groups is 1. The van der Waals surface area contributed by atoms with E-state index >= 15 is 0 Å². The second-order valence-electron chi connectivity index (χ2n) is 9.06. The average molecular weight is 489 g/mol. The van der Waals surface area contributed by atoms with Crippen LogP contribution in [0.1, 0.15) is 55.1 Å². The first-order chi connectivity index (χ1) is 17.3. The van der Waals surface area contributed by atoms with Gasteiger partial charge in [-0.05, 0) is 49.9 Å². The predicted octanol–water partition coefficient (Wildman–Crippen LogP) is 5.58. The fourth-order valence-electron chi connectivity index (χ4n) is 4.13. The largest absolute Gasteiger partial charge is 0.445 e. The van der Waals surface area contributed by atoms with Crippen LogP contribution in [0.5, 0.6) is 0 Å². The summed E-state index contributed by atoms with van der Waals surface area (Å²) in [6.07, 6.45) is 5.36. The summed E-state index contributed by atoms with van der Waals surface area (Å²) in [5, 5.41) is 0. The van der Waals surface area contributed by atoms with Gasteiger partial charge in [0.05, 0.1) is 11.7 Å². The molecule has 1 aromatic heterocycles. The quantitative estimate of drug-likeness (QED) is 0.216. The van der Waals surface area contributed by atoms with Crippen LogP contribution in [0.4, 0.5) is 0 Å². The second-order valence-corrected chi connectivity index (χ2v) is 9.06. The second kappa shape index (κ2) is 12.3. The molecule has 0 aliphatic carbocycles. The molecule has 7 heteroatoms. The van der Waals surface area contributed by atoms with Gasteiger partial charge in [-0.1, -0.05) is 50.8 Å². The fourth-order valence-corrected chi connectivity index (χ4v) is 4.13. The minimum Gasteiger partial charge on any atom is -0.445 e. The van der Waals surface area contributed by atoms with Crippen LogP contribution in [0.25, 0.3) is 17.2 Å². The SMILES string of the molecule is C=C(O/C(=N\C)[C@](C)(N)Cc1ccccc1)c1cc(C(=O)N(CCC)CCC)cc(-c2ncco2)c1. The Morgan fingerprint density at radius 3 is 2.39 bits per heavy atom. The molecule has 0 aliphatic rings. The molecule has 1 atom stereocenters. The van der Waals surface area contributed by atoms with Gasteiger partial charge < -0.3 is 19.8 Å². The van der Waals surface area contributed by atoms with Crippen molar-refractivity contribution in [1.82, 2.24) is 9.88 Å². The highest BCUT2D eigenvalue weighted by Gasteiger charge is 2.29. The van der Waals surface area contributed by atoms with Crippen LogP contribution < -0.4 is 5.73 Å². The maximum Gasteiger partial charge on any atom is 0.253 e. The Bertz CT molecular complexity index is 1180. The van der Waals surface area contributed by atoms with Crippen molar-refractivity contribution in [3.63, 3.8) is 0 Å². The lowest BCUT2D eigenvalue weighted by molar-refractivity contribution is 0.0755. The van der Waals surface area contributed by atoms with Gasteiger partial charge in [-0.25, -0.2) is 4.98 Å². The van der Waals surface area contributed by atoms with Gasteiger partial charge in [0.25, 0.3) is 5.91 Å². The molecule has 7 nitrogen and oxygen atoms in total. The standard InChI is InChI=1S/C29H36N4O3/c1-6-14-33(15-7-2)27(34)25-18-23(17-24(19-25)26-32-13-16-35-26)21(3)36-28(31-5)29(4,30)20-22-11-9-8-10-12-22/h8-13,16-19H,3,6-7,14-15,20,30H2,1-2,4-5H3/b31-28-/t29-/m1/s1. The molecule has 0 saturated heterocycles. The Hall–Kier alpha value is -3.71. The number of hydrogen-bond donors (Lipinski definition) is 1. The first-order valence-electron chi connectivity index (χ1n) is 12.3. The number of carbonyl (C=O) groups excluding carboxylic acids is 1. The van der Waals surface area contributed by atoms with Crippen molar-refractivity contribution in [3.8, 4) is 11.5 Å². The van der Waals surface area contributed by atoms with Crippen LogP contribution in [0, 0.1) is 0 Å². The zero-order chi connectivity index (χ0) is 26.1. The molecule has 0 unspecified atom stereocenters. The van der Waals surface area contributed by atoms with E-state index in [4.69, 9.17) is 14.9 Å². The van der Waals surface area contributed by atoms with Gasteiger partial charge in [0.1, 0.15) is 12.0 Å². The smallest absolute Gasteiger partial charge is 0.253 e. The van der Waals surface area contributed by atoms with Gasteiger partial charge in [-0.15, -0.1) is 0 Å². The zero-order valence-corrected chi connectivity index (χ0v) is 21.7. The van der Waals surface area contributed by atoms with E-state index < -0.39 is 5.54 Å². The first kappa shape index (κ1) is 26.9. The maximum absolute atomic E-state index is 13.4. The number of benzene rings is 2. The summed E-state index contributed by atoms with van der Waals surface area (Å²) in [5.41, 5.74) is 8.65. The molecule has 190 valence electrons. The number of amides is 1. The van der Waals surface area contributed by atoms with Crippen LogP contribution >= 0.6 is 0 Å². The number of rotatable bonds is 11. The Morgan fingerprint density at radius 1 is 1.14 bits per heavy atom. The number of aromatic nitrogens is 1. The van der Waals surface area contributed by atoms with Crippen LogP contribution in [0.15, 0.2) is 77.0 Å². The number of carbonyl (C=O) groups is 1. The van der Waals surface area contributed by atoms with Gasteiger partial charge in [-0.2, -0.15) is 0 Å². The molecular formula is C29H36N4O3. The number of nitrogens with two attached hydrogens (primary N) is 1. The molecule has 2 N–H and O–H groups in total. The third-order valence-corrected chi connectivity index (χ3v) is 5.78. The van der Waals surface area contributed by atoms with Crippen molar-refractivity contribution in [2.24, 2.45) is 10.7 Å².